The third-order valence-corrected chi connectivity index (χ3v) is 3.47. The Balaban J connectivity index is 2.56. The minimum Gasteiger partial charge on any atom is -0.386 e. The van der Waals surface area contributed by atoms with Crippen LogP contribution in [0.3, 0.4) is 0 Å². The van der Waals surface area contributed by atoms with Crippen molar-refractivity contribution in [3.8, 4) is 0 Å². The van der Waals surface area contributed by atoms with Gasteiger partial charge in [0.25, 0.3) is 0 Å². The molecule has 0 unspecified atom stereocenters. The number of nitrogens with two attached hydrogens (primary N) is 2. The van der Waals surface area contributed by atoms with Crippen molar-refractivity contribution in [2.45, 2.75) is 40.2 Å². The number of nitrogens with zero attached hydrogens (tertiary/aromatic N) is 1. The molecule has 0 atom stereocenters. The average molecular weight is 288 g/mol. The monoisotopic (exact) mass is 288 g/mol. The van der Waals surface area contributed by atoms with Gasteiger partial charge in [0.1, 0.15) is 5.84 Å². The number of aliphatic imine (C=N–C) groups is 1. The molecule has 0 aliphatic heterocycles. The van der Waals surface area contributed by atoms with Gasteiger partial charge in [0.2, 0.25) is 0 Å². The fraction of sp³-hybridized carbons (Fsp3) is 0.471. The summed E-state index contributed by atoms with van der Waals surface area (Å²) in [5.41, 5.74) is 16.1. The second kappa shape index (κ2) is 9.32. The Hall–Kier alpha value is -1.65. The smallest absolute Gasteiger partial charge is 0.113 e. The van der Waals surface area contributed by atoms with Crippen molar-refractivity contribution in [1.82, 2.24) is 5.32 Å². The molecule has 0 radical (unpaired) electrons. The van der Waals surface area contributed by atoms with Crippen LogP contribution in [0.5, 0.6) is 0 Å². The number of nitrogens with one attached hydrogen (secondary N) is 1. The van der Waals surface area contributed by atoms with Crippen LogP contribution in [-0.2, 0) is 13.0 Å². The highest BCUT2D eigenvalue weighted by Crippen LogP contribution is 2.10. The van der Waals surface area contributed by atoms with Crippen LogP contribution < -0.4 is 16.8 Å². The second-order valence-electron chi connectivity index (χ2n) is 5.16. The number of rotatable bonds is 8. The summed E-state index contributed by atoms with van der Waals surface area (Å²) in [7, 11) is 0. The predicted molar refractivity (Wildman–Crippen MR) is 91.2 cm³/mol. The van der Waals surface area contributed by atoms with Crippen LogP contribution in [0.25, 0.3) is 0 Å². The van der Waals surface area contributed by atoms with E-state index in [0.29, 0.717) is 12.4 Å². The minimum atomic E-state index is 0.300. The molecule has 0 aromatic heterocycles. The summed E-state index contributed by atoms with van der Waals surface area (Å²) < 4.78 is 0. The Bertz CT molecular complexity index is 486. The van der Waals surface area contributed by atoms with E-state index in [1.807, 2.05) is 0 Å². The van der Waals surface area contributed by atoms with Gasteiger partial charge in [-0.3, -0.25) is 0 Å². The Morgan fingerprint density at radius 2 is 1.76 bits per heavy atom. The van der Waals surface area contributed by atoms with Gasteiger partial charge in [-0.2, -0.15) is 0 Å². The van der Waals surface area contributed by atoms with E-state index >= 15 is 0 Å². The molecule has 0 saturated heterocycles. The predicted octanol–water partition coefficient (Wildman–Crippen LogP) is 2.34. The van der Waals surface area contributed by atoms with Crippen molar-refractivity contribution in [2.75, 3.05) is 13.1 Å². The number of hydrogen-bond donors (Lipinski definition) is 3. The lowest BCUT2D eigenvalue weighted by atomic mass is 10.1. The molecular formula is C17H28N4. The summed E-state index contributed by atoms with van der Waals surface area (Å²) >= 11 is 0. The van der Waals surface area contributed by atoms with E-state index in [-0.39, 0.29) is 0 Å². The molecule has 1 aromatic carbocycles. The maximum Gasteiger partial charge on any atom is 0.113 e. The van der Waals surface area contributed by atoms with Crippen LogP contribution in [0.4, 0.5) is 0 Å². The molecule has 0 spiro atoms. The Morgan fingerprint density at radius 1 is 1.14 bits per heavy atom. The van der Waals surface area contributed by atoms with Crippen LogP contribution in [-0.4, -0.2) is 18.9 Å². The van der Waals surface area contributed by atoms with Gasteiger partial charge in [-0.25, -0.2) is 4.99 Å². The highest BCUT2D eigenvalue weighted by molar-refractivity contribution is 5.83. The highest BCUT2D eigenvalue weighted by atomic mass is 14.9. The van der Waals surface area contributed by atoms with Crippen LogP contribution in [0.15, 0.2) is 40.5 Å². The normalized spacial score (nSPS) is 13.2. The first-order valence-corrected chi connectivity index (χ1v) is 7.60. The van der Waals surface area contributed by atoms with Crippen molar-refractivity contribution in [2.24, 2.45) is 16.5 Å². The zero-order valence-corrected chi connectivity index (χ0v) is 13.4. The molecule has 4 heteroatoms. The van der Waals surface area contributed by atoms with Crippen LogP contribution in [0, 0.1) is 0 Å². The van der Waals surface area contributed by atoms with Gasteiger partial charge in [-0.1, -0.05) is 38.1 Å². The topological polar surface area (TPSA) is 76.4 Å². The summed E-state index contributed by atoms with van der Waals surface area (Å²) in [5.74, 6) is 0.487. The maximum absolute atomic E-state index is 5.70. The quantitative estimate of drug-likeness (QED) is 0.507. The van der Waals surface area contributed by atoms with Crippen molar-refractivity contribution in [3.63, 3.8) is 0 Å². The molecule has 0 heterocycles. The van der Waals surface area contributed by atoms with Gasteiger partial charge in [0.15, 0.2) is 0 Å². The average Bonchev–Trinajstić information content (AvgIpc) is 2.52. The lowest BCUT2D eigenvalue weighted by molar-refractivity contribution is 0.730. The molecule has 0 aliphatic rings. The second-order valence-corrected chi connectivity index (χ2v) is 5.16. The summed E-state index contributed by atoms with van der Waals surface area (Å²) in [6.07, 6.45) is 1.94. The summed E-state index contributed by atoms with van der Waals surface area (Å²) in [6, 6.07) is 8.72. The fourth-order valence-corrected chi connectivity index (χ4v) is 2.08. The van der Waals surface area contributed by atoms with E-state index in [1.165, 1.54) is 16.7 Å². The fourth-order valence-electron chi connectivity index (χ4n) is 2.08. The summed E-state index contributed by atoms with van der Waals surface area (Å²) in [5, 5.41) is 3.45. The van der Waals surface area contributed by atoms with Gasteiger partial charge < -0.3 is 16.8 Å². The number of aryl methyl sites for hydroxylation is 1. The van der Waals surface area contributed by atoms with Gasteiger partial charge in [-0.15, -0.1) is 0 Å². The van der Waals surface area contributed by atoms with Crippen molar-refractivity contribution in [1.29, 1.82) is 0 Å². The van der Waals surface area contributed by atoms with Crippen LogP contribution >= 0.6 is 0 Å². The Morgan fingerprint density at radius 3 is 2.29 bits per heavy atom. The lowest BCUT2D eigenvalue weighted by Crippen LogP contribution is -2.23. The SMILES string of the molecule is CC/C(N=C(N)CN)=C(/C)CNCc1ccc(CC)cc1. The van der Waals surface area contributed by atoms with E-state index in [9.17, 15) is 0 Å². The molecule has 1 rings (SSSR count). The zero-order valence-electron chi connectivity index (χ0n) is 13.4. The Labute approximate surface area is 128 Å². The summed E-state index contributed by atoms with van der Waals surface area (Å²) in [6.45, 7) is 8.29. The molecule has 21 heavy (non-hydrogen) atoms. The van der Waals surface area contributed by atoms with E-state index in [4.69, 9.17) is 11.5 Å². The molecule has 0 bridgehead atoms. The van der Waals surface area contributed by atoms with E-state index in [2.05, 4.69) is 55.3 Å². The number of benzene rings is 1. The van der Waals surface area contributed by atoms with Crippen molar-refractivity contribution >= 4 is 5.84 Å². The van der Waals surface area contributed by atoms with Crippen LogP contribution in [0.2, 0.25) is 0 Å². The Kier molecular flexibility index (Phi) is 7.72. The third-order valence-electron chi connectivity index (χ3n) is 3.47. The molecule has 4 nitrogen and oxygen atoms in total. The molecule has 0 aliphatic carbocycles. The first-order chi connectivity index (χ1) is 10.1. The molecule has 0 fully saturated rings. The third kappa shape index (κ3) is 6.10. The minimum absolute atomic E-state index is 0.300. The standard InChI is InChI=1S/C17H28N4/c1-4-14-6-8-15(9-7-14)12-20-11-13(3)16(5-2)21-17(19)10-18/h6-9,20H,4-5,10-12,18H2,1-3H3,(H2,19,21)/b16-13+. The lowest BCUT2D eigenvalue weighted by Gasteiger charge is -2.09. The molecule has 116 valence electrons. The first-order valence-electron chi connectivity index (χ1n) is 7.60. The van der Waals surface area contributed by atoms with Gasteiger partial charge in [0.05, 0.1) is 6.54 Å². The van der Waals surface area contributed by atoms with Gasteiger partial charge >= 0.3 is 0 Å². The zero-order chi connectivity index (χ0) is 15.7. The number of hydrogen-bond acceptors (Lipinski definition) is 3. The van der Waals surface area contributed by atoms with Crippen LogP contribution in [0.1, 0.15) is 38.3 Å². The van der Waals surface area contributed by atoms with Gasteiger partial charge in [0, 0.05) is 18.8 Å². The molecule has 0 saturated carbocycles. The largest absolute Gasteiger partial charge is 0.386 e. The number of allylic oxidation sites excluding steroid dienone is 1. The molecular weight excluding hydrogens is 260 g/mol. The molecule has 5 N–H and O–H groups in total. The number of amidine groups is 1. The summed E-state index contributed by atoms with van der Waals surface area (Å²) in [4.78, 5) is 4.37. The van der Waals surface area contributed by atoms with E-state index in [0.717, 1.165) is 31.6 Å². The highest BCUT2D eigenvalue weighted by Gasteiger charge is 2.01. The van der Waals surface area contributed by atoms with Crippen molar-refractivity contribution in [3.05, 3.63) is 46.7 Å². The first kappa shape index (κ1) is 17.4. The van der Waals surface area contributed by atoms with E-state index in [1.54, 1.807) is 0 Å². The van der Waals surface area contributed by atoms with Crippen molar-refractivity contribution < 1.29 is 0 Å². The molecule has 1 aromatic rings. The maximum atomic E-state index is 5.70. The van der Waals surface area contributed by atoms with Gasteiger partial charge in [-0.05, 0) is 36.5 Å². The molecule has 0 amide bonds. The van der Waals surface area contributed by atoms with E-state index < -0.39 is 0 Å².